The van der Waals surface area contributed by atoms with Gasteiger partial charge in [0.05, 0.1) is 17.6 Å². The quantitative estimate of drug-likeness (QED) is 0.772. The molecule has 0 amide bonds. The van der Waals surface area contributed by atoms with Gasteiger partial charge in [-0.2, -0.15) is 0 Å². The van der Waals surface area contributed by atoms with Gasteiger partial charge in [-0.05, 0) is 30.2 Å². The molecule has 3 rings (SSSR count). The van der Waals surface area contributed by atoms with Crippen LogP contribution in [0.15, 0.2) is 42.5 Å². The van der Waals surface area contributed by atoms with Gasteiger partial charge in [0.15, 0.2) is 0 Å². The van der Waals surface area contributed by atoms with Crippen LogP contribution in [0.3, 0.4) is 0 Å². The summed E-state index contributed by atoms with van der Waals surface area (Å²) in [5, 5.41) is 9.34. The lowest BCUT2D eigenvalue weighted by Gasteiger charge is -2.08. The molecule has 108 valence electrons. The largest absolute Gasteiger partial charge is 0.395 e. The van der Waals surface area contributed by atoms with Gasteiger partial charge in [0.25, 0.3) is 0 Å². The molecule has 0 aliphatic rings. The fraction of sp³-hybridized carbons (Fsp3) is 0.235. The molecule has 4 heteroatoms. The van der Waals surface area contributed by atoms with E-state index in [9.17, 15) is 5.11 Å². The average molecular weight is 281 g/mol. The first-order valence-corrected chi connectivity index (χ1v) is 7.10. The molecule has 0 spiro atoms. The van der Waals surface area contributed by atoms with E-state index < -0.39 is 0 Å². The van der Waals surface area contributed by atoms with Crippen LogP contribution in [-0.2, 0) is 13.1 Å². The zero-order valence-electron chi connectivity index (χ0n) is 12.1. The van der Waals surface area contributed by atoms with Gasteiger partial charge in [-0.3, -0.25) is 0 Å². The molecule has 4 nitrogen and oxygen atoms in total. The van der Waals surface area contributed by atoms with E-state index in [2.05, 4.69) is 29.7 Å². The number of aryl methyl sites for hydroxylation is 1. The highest BCUT2D eigenvalue weighted by atomic mass is 16.3. The Hall–Kier alpha value is -2.17. The van der Waals surface area contributed by atoms with Gasteiger partial charge in [0, 0.05) is 18.7 Å². The smallest absolute Gasteiger partial charge is 0.141 e. The number of hydrogen-bond donors (Lipinski definition) is 2. The van der Waals surface area contributed by atoms with Crippen LogP contribution in [0.5, 0.6) is 0 Å². The molecule has 0 bridgehead atoms. The Morgan fingerprint density at radius 3 is 2.57 bits per heavy atom. The molecular weight excluding hydrogens is 262 g/mol. The van der Waals surface area contributed by atoms with Crippen LogP contribution < -0.4 is 5.73 Å². The first-order chi connectivity index (χ1) is 10.2. The van der Waals surface area contributed by atoms with Gasteiger partial charge in [-0.25, -0.2) is 4.98 Å². The second-order valence-corrected chi connectivity index (χ2v) is 5.20. The zero-order valence-corrected chi connectivity index (χ0v) is 12.1. The SMILES string of the molecule is Cc1ccc2c(c1)nc(-c1ccc(CN)cc1)n2CCO. The van der Waals surface area contributed by atoms with E-state index in [1.165, 1.54) is 5.56 Å². The molecule has 0 fully saturated rings. The number of imidazole rings is 1. The molecular formula is C17H19N3O. The van der Waals surface area contributed by atoms with Crippen molar-refractivity contribution in [3.63, 3.8) is 0 Å². The van der Waals surface area contributed by atoms with E-state index in [1.54, 1.807) is 0 Å². The first kappa shape index (κ1) is 13.8. The lowest BCUT2D eigenvalue weighted by Crippen LogP contribution is -2.04. The monoisotopic (exact) mass is 281 g/mol. The standard InChI is InChI=1S/C17H19N3O/c1-12-2-7-16-15(10-12)19-17(20(16)8-9-21)14-5-3-13(11-18)4-6-14/h2-7,10,21H,8-9,11,18H2,1H3. The highest BCUT2D eigenvalue weighted by molar-refractivity contribution is 5.81. The van der Waals surface area contributed by atoms with E-state index in [-0.39, 0.29) is 6.61 Å². The van der Waals surface area contributed by atoms with Gasteiger partial charge in [0.2, 0.25) is 0 Å². The van der Waals surface area contributed by atoms with Crippen molar-refractivity contribution >= 4 is 11.0 Å². The zero-order chi connectivity index (χ0) is 14.8. The number of hydrogen-bond acceptors (Lipinski definition) is 3. The van der Waals surface area contributed by atoms with Crippen molar-refractivity contribution < 1.29 is 5.11 Å². The normalized spacial score (nSPS) is 11.2. The minimum atomic E-state index is 0.0905. The maximum Gasteiger partial charge on any atom is 0.141 e. The highest BCUT2D eigenvalue weighted by Crippen LogP contribution is 2.25. The summed E-state index contributed by atoms with van der Waals surface area (Å²) in [5.74, 6) is 0.883. The van der Waals surface area contributed by atoms with Crippen LogP contribution in [-0.4, -0.2) is 21.3 Å². The Morgan fingerprint density at radius 1 is 1.14 bits per heavy atom. The van der Waals surface area contributed by atoms with Crippen LogP contribution in [0.4, 0.5) is 0 Å². The van der Waals surface area contributed by atoms with E-state index >= 15 is 0 Å². The summed E-state index contributed by atoms with van der Waals surface area (Å²) in [6.45, 7) is 3.22. The second-order valence-electron chi connectivity index (χ2n) is 5.20. The minimum absolute atomic E-state index is 0.0905. The van der Waals surface area contributed by atoms with Crippen molar-refractivity contribution in [1.29, 1.82) is 0 Å². The molecule has 0 radical (unpaired) electrons. The topological polar surface area (TPSA) is 64.1 Å². The summed E-state index contributed by atoms with van der Waals surface area (Å²) in [4.78, 5) is 4.74. The molecule has 21 heavy (non-hydrogen) atoms. The number of aromatic nitrogens is 2. The number of fused-ring (bicyclic) bond motifs is 1. The van der Waals surface area contributed by atoms with Gasteiger partial charge in [0.1, 0.15) is 5.82 Å². The molecule has 0 atom stereocenters. The first-order valence-electron chi connectivity index (χ1n) is 7.10. The third-order valence-corrected chi connectivity index (χ3v) is 3.68. The molecule has 2 aromatic carbocycles. The fourth-order valence-electron chi connectivity index (χ4n) is 2.58. The van der Waals surface area contributed by atoms with Crippen molar-refractivity contribution in [2.45, 2.75) is 20.0 Å². The maximum absolute atomic E-state index is 9.34. The second kappa shape index (κ2) is 5.68. The maximum atomic E-state index is 9.34. The van der Waals surface area contributed by atoms with E-state index in [0.29, 0.717) is 13.1 Å². The van der Waals surface area contributed by atoms with E-state index in [0.717, 1.165) is 28.0 Å². The third kappa shape index (κ3) is 2.55. The van der Waals surface area contributed by atoms with Gasteiger partial charge >= 0.3 is 0 Å². The van der Waals surface area contributed by atoms with Crippen molar-refractivity contribution in [1.82, 2.24) is 9.55 Å². The Bertz CT molecular complexity index is 760. The molecule has 3 N–H and O–H groups in total. The lowest BCUT2D eigenvalue weighted by atomic mass is 10.1. The van der Waals surface area contributed by atoms with Crippen molar-refractivity contribution in [3.8, 4) is 11.4 Å². The van der Waals surface area contributed by atoms with E-state index in [4.69, 9.17) is 10.7 Å². The van der Waals surface area contributed by atoms with Crippen LogP contribution in [0.1, 0.15) is 11.1 Å². The Kier molecular flexibility index (Phi) is 3.73. The van der Waals surface area contributed by atoms with Gasteiger partial charge in [-0.15, -0.1) is 0 Å². The molecule has 0 aliphatic heterocycles. The molecule has 0 unspecified atom stereocenters. The number of rotatable bonds is 4. The number of aliphatic hydroxyl groups excluding tert-OH is 1. The van der Waals surface area contributed by atoms with Crippen LogP contribution in [0, 0.1) is 6.92 Å². The summed E-state index contributed by atoms with van der Waals surface area (Å²) in [7, 11) is 0. The fourth-order valence-corrected chi connectivity index (χ4v) is 2.58. The van der Waals surface area contributed by atoms with Gasteiger partial charge in [-0.1, -0.05) is 30.3 Å². The molecule has 0 saturated carbocycles. The van der Waals surface area contributed by atoms with Crippen LogP contribution in [0.2, 0.25) is 0 Å². The summed E-state index contributed by atoms with van der Waals surface area (Å²) >= 11 is 0. The van der Waals surface area contributed by atoms with Crippen LogP contribution >= 0.6 is 0 Å². The Morgan fingerprint density at radius 2 is 1.90 bits per heavy atom. The summed E-state index contributed by atoms with van der Waals surface area (Å²) in [5.41, 5.74) is 11.0. The lowest BCUT2D eigenvalue weighted by molar-refractivity contribution is 0.278. The predicted octanol–water partition coefficient (Wildman–Crippen LogP) is 2.46. The average Bonchev–Trinajstić information content (AvgIpc) is 2.85. The minimum Gasteiger partial charge on any atom is -0.395 e. The molecule has 1 heterocycles. The Balaban J connectivity index is 2.17. The summed E-state index contributed by atoms with van der Waals surface area (Å²) in [6.07, 6.45) is 0. The van der Waals surface area contributed by atoms with Crippen molar-refractivity contribution in [3.05, 3.63) is 53.6 Å². The number of nitrogens with zero attached hydrogens (tertiary/aromatic N) is 2. The highest BCUT2D eigenvalue weighted by Gasteiger charge is 2.12. The number of nitrogens with two attached hydrogens (primary N) is 1. The van der Waals surface area contributed by atoms with E-state index in [1.807, 2.05) is 24.3 Å². The number of benzene rings is 2. The van der Waals surface area contributed by atoms with Crippen molar-refractivity contribution in [2.75, 3.05) is 6.61 Å². The predicted molar refractivity (Wildman–Crippen MR) is 84.9 cm³/mol. The van der Waals surface area contributed by atoms with Crippen molar-refractivity contribution in [2.24, 2.45) is 5.73 Å². The third-order valence-electron chi connectivity index (χ3n) is 3.68. The molecule has 3 aromatic rings. The Labute approximate surface area is 123 Å². The summed E-state index contributed by atoms with van der Waals surface area (Å²) < 4.78 is 2.06. The molecule has 0 aliphatic carbocycles. The molecule has 1 aromatic heterocycles. The number of aliphatic hydroxyl groups is 1. The molecule has 0 saturated heterocycles. The summed E-state index contributed by atoms with van der Waals surface area (Å²) in [6, 6.07) is 14.3. The van der Waals surface area contributed by atoms with Gasteiger partial charge < -0.3 is 15.4 Å². The van der Waals surface area contributed by atoms with Crippen LogP contribution in [0.25, 0.3) is 22.4 Å².